The highest BCUT2D eigenvalue weighted by Crippen LogP contribution is 2.13. The van der Waals surface area contributed by atoms with E-state index in [1.165, 1.54) is 5.56 Å². The molecule has 0 spiro atoms. The van der Waals surface area contributed by atoms with Gasteiger partial charge in [0.2, 0.25) is 0 Å². The quantitative estimate of drug-likeness (QED) is 0.709. The molecule has 1 fully saturated rings. The van der Waals surface area contributed by atoms with Gasteiger partial charge in [0.25, 0.3) is 5.91 Å². The molecule has 0 aromatic heterocycles. The zero-order valence-corrected chi connectivity index (χ0v) is 14.0. The number of ether oxygens (including phenoxy) is 3. The van der Waals surface area contributed by atoms with Crippen molar-refractivity contribution in [3.63, 3.8) is 0 Å². The summed E-state index contributed by atoms with van der Waals surface area (Å²) in [7, 11) is 0. The molecule has 2 atom stereocenters. The maximum atomic E-state index is 12.0. The Kier molecular flexibility index (Phi) is 7.36. The van der Waals surface area contributed by atoms with Crippen LogP contribution in [0.3, 0.4) is 0 Å². The maximum Gasteiger partial charge on any atom is 0.260 e. The van der Waals surface area contributed by atoms with Crippen molar-refractivity contribution >= 4 is 5.91 Å². The van der Waals surface area contributed by atoms with E-state index in [0.717, 1.165) is 32.7 Å². The van der Waals surface area contributed by atoms with Crippen molar-refractivity contribution in [2.24, 2.45) is 5.92 Å². The molecule has 0 aliphatic carbocycles. The molecule has 2 unspecified atom stereocenters. The minimum absolute atomic E-state index is 0.102. The molecule has 1 amide bonds. The molecule has 5 heteroatoms. The van der Waals surface area contributed by atoms with E-state index >= 15 is 0 Å². The number of benzene rings is 1. The summed E-state index contributed by atoms with van der Waals surface area (Å²) in [5.74, 6) is 1.14. The number of carbonyl (C=O) groups is 1. The first-order valence-electron chi connectivity index (χ1n) is 8.31. The number of amides is 1. The molecule has 2 rings (SSSR count). The van der Waals surface area contributed by atoms with Gasteiger partial charge < -0.3 is 19.5 Å². The number of aryl methyl sites for hydroxylation is 1. The molecule has 1 saturated heterocycles. The predicted molar refractivity (Wildman–Crippen MR) is 88.6 cm³/mol. The van der Waals surface area contributed by atoms with E-state index in [2.05, 4.69) is 5.32 Å². The molecule has 0 saturated carbocycles. The van der Waals surface area contributed by atoms with Gasteiger partial charge in [-0.15, -0.1) is 0 Å². The Balaban J connectivity index is 1.54. The van der Waals surface area contributed by atoms with Gasteiger partial charge in [0, 0.05) is 25.7 Å². The first-order chi connectivity index (χ1) is 11.1. The van der Waals surface area contributed by atoms with Gasteiger partial charge in [-0.3, -0.25) is 4.79 Å². The van der Waals surface area contributed by atoms with Crippen molar-refractivity contribution in [1.82, 2.24) is 5.32 Å². The van der Waals surface area contributed by atoms with E-state index in [-0.39, 0.29) is 5.91 Å². The first kappa shape index (κ1) is 17.8. The largest absolute Gasteiger partial charge is 0.481 e. The molecule has 1 aromatic rings. The summed E-state index contributed by atoms with van der Waals surface area (Å²) in [5.41, 5.74) is 1.17. The van der Waals surface area contributed by atoms with Crippen molar-refractivity contribution in [2.45, 2.75) is 32.8 Å². The normalized spacial score (nSPS) is 18.6. The van der Waals surface area contributed by atoms with Crippen LogP contribution in [0, 0.1) is 12.8 Å². The third-order valence-electron chi connectivity index (χ3n) is 3.85. The van der Waals surface area contributed by atoms with E-state index in [1.807, 2.05) is 31.2 Å². The molecule has 1 heterocycles. The van der Waals surface area contributed by atoms with Crippen LogP contribution in [0.2, 0.25) is 0 Å². The van der Waals surface area contributed by atoms with E-state index in [4.69, 9.17) is 14.2 Å². The van der Waals surface area contributed by atoms with Gasteiger partial charge in [-0.25, -0.2) is 0 Å². The first-order valence-corrected chi connectivity index (χ1v) is 8.31. The van der Waals surface area contributed by atoms with Crippen LogP contribution in [0.15, 0.2) is 24.3 Å². The Labute approximate surface area is 138 Å². The fourth-order valence-electron chi connectivity index (χ4n) is 2.37. The number of hydrogen-bond acceptors (Lipinski definition) is 4. The predicted octanol–water partition coefficient (Wildman–Crippen LogP) is 2.32. The fourth-order valence-corrected chi connectivity index (χ4v) is 2.37. The molecular weight excluding hydrogens is 294 g/mol. The van der Waals surface area contributed by atoms with Crippen LogP contribution >= 0.6 is 0 Å². The minimum Gasteiger partial charge on any atom is -0.481 e. The smallest absolute Gasteiger partial charge is 0.260 e. The van der Waals surface area contributed by atoms with Gasteiger partial charge in [0.05, 0.1) is 13.2 Å². The van der Waals surface area contributed by atoms with Gasteiger partial charge >= 0.3 is 0 Å². The van der Waals surface area contributed by atoms with Crippen molar-refractivity contribution in [3.8, 4) is 5.75 Å². The number of hydrogen-bond donors (Lipinski definition) is 1. The van der Waals surface area contributed by atoms with Gasteiger partial charge in [-0.05, 0) is 38.8 Å². The average Bonchev–Trinajstić information content (AvgIpc) is 3.06. The molecule has 1 N–H and O–H groups in total. The van der Waals surface area contributed by atoms with Crippen molar-refractivity contribution in [1.29, 1.82) is 0 Å². The second-order valence-corrected chi connectivity index (χ2v) is 6.02. The molecule has 0 bridgehead atoms. The third kappa shape index (κ3) is 6.59. The van der Waals surface area contributed by atoms with Crippen LogP contribution < -0.4 is 10.1 Å². The van der Waals surface area contributed by atoms with E-state index in [9.17, 15) is 4.79 Å². The zero-order valence-electron chi connectivity index (χ0n) is 14.0. The number of carbonyl (C=O) groups excluding carboxylic acids is 1. The summed E-state index contributed by atoms with van der Waals surface area (Å²) in [6.07, 6.45) is 1.38. The molecule has 1 aliphatic rings. The standard InChI is InChI=1S/C18H27NO4/c1-14-4-6-17(7-5-14)23-15(2)18(20)19-9-3-10-21-12-16-8-11-22-13-16/h4-7,15-16H,3,8-13H2,1-2H3,(H,19,20). The molecule has 0 radical (unpaired) electrons. The third-order valence-corrected chi connectivity index (χ3v) is 3.85. The summed E-state index contributed by atoms with van der Waals surface area (Å²) in [4.78, 5) is 12.0. The van der Waals surface area contributed by atoms with Gasteiger partial charge in [-0.2, -0.15) is 0 Å². The summed E-state index contributed by atoms with van der Waals surface area (Å²) in [5, 5.41) is 2.87. The van der Waals surface area contributed by atoms with Gasteiger partial charge in [0.1, 0.15) is 5.75 Å². The fraction of sp³-hybridized carbons (Fsp3) is 0.611. The second kappa shape index (κ2) is 9.53. The summed E-state index contributed by atoms with van der Waals surface area (Å²) < 4.78 is 16.5. The van der Waals surface area contributed by atoms with Crippen molar-refractivity contribution < 1.29 is 19.0 Å². The highest BCUT2D eigenvalue weighted by molar-refractivity contribution is 5.80. The van der Waals surface area contributed by atoms with Crippen LogP contribution in [0.1, 0.15) is 25.3 Å². The SMILES string of the molecule is Cc1ccc(OC(C)C(=O)NCCCOCC2CCOC2)cc1. The Hall–Kier alpha value is -1.59. The average molecular weight is 321 g/mol. The van der Waals surface area contributed by atoms with Crippen LogP contribution in [-0.2, 0) is 14.3 Å². The highest BCUT2D eigenvalue weighted by atomic mass is 16.5. The lowest BCUT2D eigenvalue weighted by atomic mass is 10.1. The number of rotatable bonds is 9. The minimum atomic E-state index is -0.505. The Morgan fingerprint density at radius 3 is 2.87 bits per heavy atom. The van der Waals surface area contributed by atoms with Gasteiger partial charge in [-0.1, -0.05) is 17.7 Å². The maximum absolute atomic E-state index is 12.0. The second-order valence-electron chi connectivity index (χ2n) is 6.02. The Bertz CT molecular complexity index is 468. The lowest BCUT2D eigenvalue weighted by molar-refractivity contribution is -0.127. The van der Waals surface area contributed by atoms with Crippen LogP contribution in [0.5, 0.6) is 5.75 Å². The van der Waals surface area contributed by atoms with Crippen LogP contribution in [-0.4, -0.2) is 45.0 Å². The highest BCUT2D eigenvalue weighted by Gasteiger charge is 2.16. The molecule has 1 aliphatic heterocycles. The zero-order chi connectivity index (χ0) is 16.5. The lowest BCUT2D eigenvalue weighted by Gasteiger charge is -2.15. The molecular formula is C18H27NO4. The van der Waals surface area contributed by atoms with Crippen LogP contribution in [0.25, 0.3) is 0 Å². The summed E-state index contributed by atoms with van der Waals surface area (Å²) >= 11 is 0. The van der Waals surface area contributed by atoms with Gasteiger partial charge in [0.15, 0.2) is 6.10 Å². The molecule has 23 heavy (non-hydrogen) atoms. The Morgan fingerprint density at radius 2 is 2.17 bits per heavy atom. The van der Waals surface area contributed by atoms with E-state index in [1.54, 1.807) is 6.92 Å². The number of nitrogens with one attached hydrogen (secondary N) is 1. The molecule has 1 aromatic carbocycles. The molecule has 128 valence electrons. The van der Waals surface area contributed by atoms with Crippen molar-refractivity contribution in [3.05, 3.63) is 29.8 Å². The van der Waals surface area contributed by atoms with Crippen molar-refractivity contribution in [2.75, 3.05) is 33.0 Å². The summed E-state index contributed by atoms with van der Waals surface area (Å²) in [6, 6.07) is 7.68. The van der Waals surface area contributed by atoms with Crippen LogP contribution in [0.4, 0.5) is 0 Å². The lowest BCUT2D eigenvalue weighted by Crippen LogP contribution is -2.37. The Morgan fingerprint density at radius 1 is 1.39 bits per heavy atom. The summed E-state index contributed by atoms with van der Waals surface area (Å²) in [6.45, 7) is 7.44. The van der Waals surface area contributed by atoms with E-state index in [0.29, 0.717) is 24.8 Å². The topological polar surface area (TPSA) is 56.8 Å². The monoisotopic (exact) mass is 321 g/mol. The van der Waals surface area contributed by atoms with E-state index < -0.39 is 6.10 Å². The molecule has 5 nitrogen and oxygen atoms in total.